The van der Waals surface area contributed by atoms with Crippen LogP contribution in [0.2, 0.25) is 0 Å². The Morgan fingerprint density at radius 2 is 1.72 bits per heavy atom. The monoisotopic (exact) mass is 409 g/mol. The largest absolute Gasteiger partial charge is 0.490 e. The van der Waals surface area contributed by atoms with Crippen molar-refractivity contribution in [3.63, 3.8) is 0 Å². The van der Waals surface area contributed by atoms with Crippen molar-refractivity contribution in [3.8, 4) is 17.2 Å². The molecule has 7 nitrogen and oxygen atoms in total. The first-order valence-electron chi connectivity index (χ1n) is 8.84. The summed E-state index contributed by atoms with van der Waals surface area (Å²) in [5, 5.41) is 2.58. The molecule has 0 saturated carbocycles. The lowest BCUT2D eigenvalue weighted by molar-refractivity contribution is -0.119. The van der Waals surface area contributed by atoms with Crippen molar-refractivity contribution in [1.29, 1.82) is 0 Å². The average Bonchev–Trinajstić information content (AvgIpc) is 2.68. The Kier molecular flexibility index (Phi) is 8.20. The van der Waals surface area contributed by atoms with Gasteiger partial charge < -0.3 is 24.3 Å². The summed E-state index contributed by atoms with van der Waals surface area (Å²) >= 11 is 0. The Bertz CT molecular complexity index is 843. The lowest BCUT2D eigenvalue weighted by Crippen LogP contribution is -2.21. The molecule has 2 aromatic rings. The number of esters is 1. The lowest BCUT2D eigenvalue weighted by Gasteiger charge is -2.13. The molecule has 2 rings (SSSR count). The molecule has 156 valence electrons. The van der Waals surface area contributed by atoms with Crippen molar-refractivity contribution in [3.05, 3.63) is 48.0 Å². The van der Waals surface area contributed by atoms with Crippen molar-refractivity contribution in [2.45, 2.75) is 20.5 Å². The van der Waals surface area contributed by atoms with E-state index >= 15 is 0 Å². The standard InChI is InChI=1S/C20H21F2NO6/c1-3-26-16-9-8-14(11-17(16)27-4-2)23-18(24)12-28-19(25)13-6-5-7-15(10-13)29-20(21)22/h5-11,20H,3-4,12H2,1-2H3,(H,23,24). The number of nitrogens with one attached hydrogen (secondary N) is 1. The Morgan fingerprint density at radius 1 is 1.00 bits per heavy atom. The Balaban J connectivity index is 1.94. The number of halogens is 2. The minimum atomic E-state index is -3.01. The number of rotatable bonds is 10. The molecule has 1 N–H and O–H groups in total. The summed E-state index contributed by atoms with van der Waals surface area (Å²) in [5.74, 6) is -0.590. The molecule has 0 unspecified atom stereocenters. The third-order valence-corrected chi connectivity index (χ3v) is 3.46. The van der Waals surface area contributed by atoms with E-state index in [0.29, 0.717) is 30.4 Å². The van der Waals surface area contributed by atoms with Crippen LogP contribution >= 0.6 is 0 Å². The predicted molar refractivity (Wildman–Crippen MR) is 101 cm³/mol. The minimum absolute atomic E-state index is 0.0179. The molecule has 29 heavy (non-hydrogen) atoms. The maximum absolute atomic E-state index is 12.3. The van der Waals surface area contributed by atoms with E-state index in [1.165, 1.54) is 18.2 Å². The average molecular weight is 409 g/mol. The van der Waals surface area contributed by atoms with E-state index in [1.807, 2.05) is 13.8 Å². The zero-order chi connectivity index (χ0) is 21.2. The molecule has 0 aliphatic rings. The van der Waals surface area contributed by atoms with E-state index < -0.39 is 25.1 Å². The van der Waals surface area contributed by atoms with Crippen LogP contribution in [0.5, 0.6) is 17.2 Å². The minimum Gasteiger partial charge on any atom is -0.490 e. The van der Waals surface area contributed by atoms with Crippen LogP contribution in [0.4, 0.5) is 14.5 Å². The van der Waals surface area contributed by atoms with Crippen molar-refractivity contribution >= 4 is 17.6 Å². The normalized spacial score (nSPS) is 10.4. The number of amides is 1. The van der Waals surface area contributed by atoms with Crippen LogP contribution in [-0.2, 0) is 9.53 Å². The van der Waals surface area contributed by atoms with E-state index in [4.69, 9.17) is 14.2 Å². The van der Waals surface area contributed by atoms with Crippen molar-refractivity contribution < 1.29 is 37.3 Å². The second kappa shape index (κ2) is 10.8. The number of hydrogen-bond acceptors (Lipinski definition) is 6. The highest BCUT2D eigenvalue weighted by molar-refractivity contribution is 5.95. The molecule has 1 amide bonds. The smallest absolute Gasteiger partial charge is 0.387 e. The Morgan fingerprint density at radius 3 is 2.41 bits per heavy atom. The molecule has 0 fully saturated rings. The van der Waals surface area contributed by atoms with Crippen molar-refractivity contribution in [2.75, 3.05) is 25.1 Å². The summed E-state index contributed by atoms with van der Waals surface area (Å²) in [6.07, 6.45) is 0. The predicted octanol–water partition coefficient (Wildman–Crippen LogP) is 3.88. The van der Waals surface area contributed by atoms with Gasteiger partial charge in [0.15, 0.2) is 18.1 Å². The number of ether oxygens (including phenoxy) is 4. The summed E-state index contributed by atoms with van der Waals surface area (Å²) < 4.78 is 44.6. The van der Waals surface area contributed by atoms with Crippen LogP contribution in [0.1, 0.15) is 24.2 Å². The van der Waals surface area contributed by atoms with E-state index in [2.05, 4.69) is 10.1 Å². The van der Waals surface area contributed by atoms with Gasteiger partial charge in [-0.05, 0) is 44.2 Å². The molecule has 0 radical (unpaired) electrons. The Labute approximate surface area is 166 Å². The number of hydrogen-bond donors (Lipinski definition) is 1. The molecular weight excluding hydrogens is 388 g/mol. The third kappa shape index (κ3) is 6.95. The summed E-state index contributed by atoms with van der Waals surface area (Å²) in [4.78, 5) is 24.1. The third-order valence-electron chi connectivity index (χ3n) is 3.46. The van der Waals surface area contributed by atoms with E-state index in [0.717, 1.165) is 6.07 Å². The number of anilines is 1. The summed E-state index contributed by atoms with van der Waals surface area (Å²) in [5.41, 5.74) is 0.418. The molecule has 9 heteroatoms. The molecule has 2 aromatic carbocycles. The number of carbonyl (C=O) groups excluding carboxylic acids is 2. The summed E-state index contributed by atoms with van der Waals surface area (Å²) in [6, 6.07) is 9.98. The van der Waals surface area contributed by atoms with Crippen molar-refractivity contribution in [1.82, 2.24) is 0 Å². The maximum atomic E-state index is 12.3. The highest BCUT2D eigenvalue weighted by Gasteiger charge is 2.14. The highest BCUT2D eigenvalue weighted by Crippen LogP contribution is 2.30. The number of benzene rings is 2. The van der Waals surface area contributed by atoms with Gasteiger partial charge in [0.05, 0.1) is 18.8 Å². The quantitative estimate of drug-likeness (QED) is 0.600. The van der Waals surface area contributed by atoms with Crippen LogP contribution in [0.3, 0.4) is 0 Å². The topological polar surface area (TPSA) is 83.1 Å². The Hall–Kier alpha value is -3.36. The molecule has 0 atom stereocenters. The van der Waals surface area contributed by atoms with Crippen molar-refractivity contribution in [2.24, 2.45) is 0 Å². The van der Waals surface area contributed by atoms with Crippen LogP contribution in [-0.4, -0.2) is 38.3 Å². The molecule has 0 spiro atoms. The van der Waals surface area contributed by atoms with Crippen LogP contribution in [0, 0.1) is 0 Å². The van der Waals surface area contributed by atoms with Gasteiger partial charge in [0.2, 0.25) is 0 Å². The molecule has 0 saturated heterocycles. The first-order chi connectivity index (χ1) is 13.9. The first kappa shape index (κ1) is 21.9. The van der Waals surface area contributed by atoms with Gasteiger partial charge in [0.25, 0.3) is 5.91 Å². The second-order valence-electron chi connectivity index (χ2n) is 5.56. The highest BCUT2D eigenvalue weighted by atomic mass is 19.3. The molecule has 0 bridgehead atoms. The molecule has 0 heterocycles. The molecule has 0 aromatic heterocycles. The molecule has 0 aliphatic heterocycles. The summed E-state index contributed by atoms with van der Waals surface area (Å²) in [6.45, 7) is 0.976. The summed E-state index contributed by atoms with van der Waals surface area (Å²) in [7, 11) is 0. The zero-order valence-electron chi connectivity index (χ0n) is 15.9. The van der Waals surface area contributed by atoms with Gasteiger partial charge in [-0.1, -0.05) is 6.07 Å². The molecular formula is C20H21F2NO6. The van der Waals surface area contributed by atoms with E-state index in [1.54, 1.807) is 18.2 Å². The van der Waals surface area contributed by atoms with Gasteiger partial charge in [-0.15, -0.1) is 0 Å². The lowest BCUT2D eigenvalue weighted by atomic mass is 10.2. The number of carbonyl (C=O) groups is 2. The fraction of sp³-hybridized carbons (Fsp3) is 0.300. The van der Waals surface area contributed by atoms with Gasteiger partial charge in [-0.3, -0.25) is 4.79 Å². The fourth-order valence-electron chi connectivity index (χ4n) is 2.34. The van der Waals surface area contributed by atoms with Gasteiger partial charge in [-0.25, -0.2) is 4.79 Å². The second-order valence-corrected chi connectivity index (χ2v) is 5.56. The van der Waals surface area contributed by atoms with Crippen LogP contribution in [0.25, 0.3) is 0 Å². The number of alkyl halides is 2. The van der Waals surface area contributed by atoms with Gasteiger partial charge in [0.1, 0.15) is 5.75 Å². The zero-order valence-corrected chi connectivity index (χ0v) is 15.9. The van der Waals surface area contributed by atoms with Gasteiger partial charge in [-0.2, -0.15) is 8.78 Å². The molecule has 0 aliphatic carbocycles. The van der Waals surface area contributed by atoms with E-state index in [-0.39, 0.29) is 11.3 Å². The van der Waals surface area contributed by atoms with Crippen LogP contribution < -0.4 is 19.5 Å². The maximum Gasteiger partial charge on any atom is 0.387 e. The fourth-order valence-corrected chi connectivity index (χ4v) is 2.34. The van der Waals surface area contributed by atoms with Crippen LogP contribution in [0.15, 0.2) is 42.5 Å². The van der Waals surface area contributed by atoms with Gasteiger partial charge in [0, 0.05) is 11.8 Å². The SMILES string of the molecule is CCOc1ccc(NC(=O)COC(=O)c2cccc(OC(F)F)c2)cc1OCC. The first-order valence-corrected chi connectivity index (χ1v) is 8.84. The van der Waals surface area contributed by atoms with E-state index in [9.17, 15) is 18.4 Å². The van der Waals surface area contributed by atoms with Gasteiger partial charge >= 0.3 is 12.6 Å².